The molecule has 0 amide bonds. The fourth-order valence-corrected chi connectivity index (χ4v) is 2.90. The zero-order valence-corrected chi connectivity index (χ0v) is 11.2. The summed E-state index contributed by atoms with van der Waals surface area (Å²) < 4.78 is 4.92. The lowest BCUT2D eigenvalue weighted by Gasteiger charge is -2.40. The quantitative estimate of drug-likeness (QED) is 0.692. The molecule has 0 aromatic heterocycles. The number of carbonyl (C=O) groups is 1. The van der Waals surface area contributed by atoms with Crippen LogP contribution >= 0.6 is 0 Å². The summed E-state index contributed by atoms with van der Waals surface area (Å²) in [6.07, 6.45) is 1.27. The Bertz CT molecular complexity index is 230. The molecule has 1 rings (SSSR count). The predicted molar refractivity (Wildman–Crippen MR) is 65.2 cm³/mol. The van der Waals surface area contributed by atoms with Gasteiger partial charge in [0.2, 0.25) is 0 Å². The van der Waals surface area contributed by atoms with Crippen LogP contribution < -0.4 is 0 Å². The number of hydrogen-bond acceptors (Lipinski definition) is 3. The number of rotatable bonds is 3. The number of piperidine rings is 1. The van der Waals surface area contributed by atoms with Crippen molar-refractivity contribution in [3.63, 3.8) is 0 Å². The summed E-state index contributed by atoms with van der Waals surface area (Å²) in [6, 6.07) is -0.0739. The zero-order chi connectivity index (χ0) is 12.3. The number of likely N-dealkylation sites (tertiary alicyclic amines) is 1. The molecule has 0 aromatic rings. The van der Waals surface area contributed by atoms with E-state index in [1.807, 2.05) is 0 Å². The molecule has 0 radical (unpaired) electrons. The van der Waals surface area contributed by atoms with Crippen LogP contribution in [0, 0.1) is 17.8 Å². The van der Waals surface area contributed by atoms with Gasteiger partial charge in [0.05, 0.1) is 7.11 Å². The highest BCUT2D eigenvalue weighted by atomic mass is 16.5. The third-order valence-electron chi connectivity index (χ3n) is 3.36. The fraction of sp³-hybridized carbons (Fsp3) is 0.923. The van der Waals surface area contributed by atoms with Gasteiger partial charge in [0.1, 0.15) is 6.04 Å². The van der Waals surface area contributed by atoms with Crippen LogP contribution in [0.15, 0.2) is 0 Å². The van der Waals surface area contributed by atoms with Crippen molar-refractivity contribution >= 4 is 5.97 Å². The largest absolute Gasteiger partial charge is 0.468 e. The molecule has 0 aliphatic carbocycles. The molecule has 16 heavy (non-hydrogen) atoms. The smallest absolute Gasteiger partial charge is 0.323 e. The summed E-state index contributed by atoms with van der Waals surface area (Å²) in [5.41, 5.74) is 0. The molecule has 0 unspecified atom stereocenters. The van der Waals surface area contributed by atoms with Crippen LogP contribution in [0.2, 0.25) is 0 Å². The number of carbonyl (C=O) groups excluding carboxylic acids is 1. The summed E-state index contributed by atoms with van der Waals surface area (Å²) in [6.45, 7) is 10.7. The minimum absolute atomic E-state index is 0.0739. The number of hydrogen-bond donors (Lipinski definition) is 0. The van der Waals surface area contributed by atoms with Crippen LogP contribution in [0.25, 0.3) is 0 Å². The minimum Gasteiger partial charge on any atom is -0.468 e. The molecule has 3 nitrogen and oxygen atoms in total. The van der Waals surface area contributed by atoms with Crippen molar-refractivity contribution in [2.24, 2.45) is 17.8 Å². The molecular weight excluding hydrogens is 202 g/mol. The van der Waals surface area contributed by atoms with Crippen LogP contribution in [0.4, 0.5) is 0 Å². The van der Waals surface area contributed by atoms with Crippen molar-refractivity contribution in [1.82, 2.24) is 4.90 Å². The topological polar surface area (TPSA) is 29.5 Å². The zero-order valence-electron chi connectivity index (χ0n) is 11.2. The highest BCUT2D eigenvalue weighted by Gasteiger charge is 2.34. The molecular formula is C13H25NO2. The minimum atomic E-state index is -0.0868. The van der Waals surface area contributed by atoms with Crippen LogP contribution in [-0.2, 0) is 9.53 Å². The van der Waals surface area contributed by atoms with E-state index < -0.39 is 0 Å². The average molecular weight is 227 g/mol. The van der Waals surface area contributed by atoms with Gasteiger partial charge in [-0.3, -0.25) is 9.69 Å². The highest BCUT2D eigenvalue weighted by Crippen LogP contribution is 2.25. The second kappa shape index (κ2) is 5.67. The Kier molecular flexibility index (Phi) is 4.78. The van der Waals surface area contributed by atoms with Crippen molar-refractivity contribution in [1.29, 1.82) is 0 Å². The number of methoxy groups -OCH3 is 1. The van der Waals surface area contributed by atoms with Gasteiger partial charge in [-0.25, -0.2) is 0 Å². The Hall–Kier alpha value is -0.570. The molecule has 0 aromatic carbocycles. The van der Waals surface area contributed by atoms with Crippen molar-refractivity contribution < 1.29 is 9.53 Å². The predicted octanol–water partition coefficient (Wildman–Crippen LogP) is 2.16. The second-order valence-corrected chi connectivity index (χ2v) is 5.61. The molecule has 0 bridgehead atoms. The Balaban J connectivity index is 2.74. The molecule has 1 fully saturated rings. The van der Waals surface area contributed by atoms with Gasteiger partial charge in [0.25, 0.3) is 0 Å². The van der Waals surface area contributed by atoms with Gasteiger partial charge in [-0.15, -0.1) is 0 Å². The molecule has 1 saturated heterocycles. The maximum absolute atomic E-state index is 11.8. The van der Waals surface area contributed by atoms with Crippen LogP contribution in [-0.4, -0.2) is 37.1 Å². The van der Waals surface area contributed by atoms with E-state index in [9.17, 15) is 4.79 Å². The number of nitrogens with zero attached hydrogens (tertiary/aromatic N) is 1. The first-order chi connectivity index (χ1) is 7.45. The van der Waals surface area contributed by atoms with Gasteiger partial charge in [-0.05, 0) is 24.2 Å². The van der Waals surface area contributed by atoms with E-state index in [-0.39, 0.29) is 12.0 Å². The normalized spacial score (nSPS) is 29.1. The molecule has 1 aliphatic rings. The molecule has 94 valence electrons. The Morgan fingerprint density at radius 1 is 1.25 bits per heavy atom. The molecule has 1 heterocycles. The van der Waals surface area contributed by atoms with Gasteiger partial charge in [0, 0.05) is 13.1 Å². The summed E-state index contributed by atoms with van der Waals surface area (Å²) in [7, 11) is 1.48. The summed E-state index contributed by atoms with van der Waals surface area (Å²) in [4.78, 5) is 14.1. The van der Waals surface area contributed by atoms with Gasteiger partial charge in [0.15, 0.2) is 0 Å². The third kappa shape index (κ3) is 3.21. The SMILES string of the molecule is COC(=O)[C@H](C(C)C)N1C[C@H](C)C[C@H](C)C1. The van der Waals surface area contributed by atoms with Crippen molar-refractivity contribution in [2.75, 3.05) is 20.2 Å². The van der Waals surface area contributed by atoms with Crippen molar-refractivity contribution in [3.05, 3.63) is 0 Å². The maximum Gasteiger partial charge on any atom is 0.323 e. The fourth-order valence-electron chi connectivity index (χ4n) is 2.90. The number of esters is 1. The maximum atomic E-state index is 11.8. The van der Waals surface area contributed by atoms with Crippen LogP contribution in [0.3, 0.4) is 0 Å². The molecule has 3 atom stereocenters. The van der Waals surface area contributed by atoms with E-state index in [0.29, 0.717) is 17.8 Å². The van der Waals surface area contributed by atoms with E-state index in [4.69, 9.17) is 4.74 Å². The lowest BCUT2D eigenvalue weighted by atomic mass is 9.89. The third-order valence-corrected chi connectivity index (χ3v) is 3.36. The molecule has 1 aliphatic heterocycles. The lowest BCUT2D eigenvalue weighted by molar-refractivity contribution is -0.150. The van der Waals surface area contributed by atoms with E-state index in [1.165, 1.54) is 13.5 Å². The first-order valence-electron chi connectivity index (χ1n) is 6.27. The highest BCUT2D eigenvalue weighted by molar-refractivity contribution is 5.76. The molecule has 0 N–H and O–H groups in total. The Morgan fingerprint density at radius 2 is 1.75 bits per heavy atom. The monoisotopic (exact) mass is 227 g/mol. The molecule has 0 spiro atoms. The molecule has 3 heteroatoms. The Morgan fingerprint density at radius 3 is 2.12 bits per heavy atom. The van der Waals surface area contributed by atoms with Crippen LogP contribution in [0.5, 0.6) is 0 Å². The van der Waals surface area contributed by atoms with Gasteiger partial charge in [-0.1, -0.05) is 27.7 Å². The van der Waals surface area contributed by atoms with Gasteiger partial charge >= 0.3 is 5.97 Å². The van der Waals surface area contributed by atoms with Crippen LogP contribution in [0.1, 0.15) is 34.1 Å². The van der Waals surface area contributed by atoms with E-state index in [1.54, 1.807) is 0 Å². The van der Waals surface area contributed by atoms with E-state index >= 15 is 0 Å². The van der Waals surface area contributed by atoms with Crippen molar-refractivity contribution in [3.8, 4) is 0 Å². The summed E-state index contributed by atoms with van der Waals surface area (Å²) in [5.74, 6) is 1.57. The van der Waals surface area contributed by atoms with Crippen molar-refractivity contribution in [2.45, 2.75) is 40.2 Å². The second-order valence-electron chi connectivity index (χ2n) is 5.61. The number of ether oxygens (including phenoxy) is 1. The van der Waals surface area contributed by atoms with Gasteiger partial charge in [-0.2, -0.15) is 0 Å². The van der Waals surface area contributed by atoms with E-state index in [0.717, 1.165) is 13.1 Å². The first kappa shape index (κ1) is 13.5. The average Bonchev–Trinajstić information content (AvgIpc) is 2.15. The summed E-state index contributed by atoms with van der Waals surface area (Å²) in [5, 5.41) is 0. The standard InChI is InChI=1S/C13H25NO2/c1-9(2)12(13(15)16-5)14-7-10(3)6-11(4)8-14/h9-12H,6-8H2,1-5H3/t10-,11+,12-/m0/s1. The lowest BCUT2D eigenvalue weighted by Crippen LogP contribution is -2.51. The Labute approximate surface area is 99.1 Å². The van der Waals surface area contributed by atoms with E-state index in [2.05, 4.69) is 32.6 Å². The first-order valence-corrected chi connectivity index (χ1v) is 6.27. The summed E-state index contributed by atoms with van der Waals surface area (Å²) >= 11 is 0. The molecule has 0 saturated carbocycles. The van der Waals surface area contributed by atoms with Gasteiger partial charge < -0.3 is 4.74 Å².